The molecule has 1 aromatic carbocycles. The minimum Gasteiger partial charge on any atom is -0.314 e. The summed E-state index contributed by atoms with van der Waals surface area (Å²) < 4.78 is 13.4. The van der Waals surface area contributed by atoms with Crippen molar-refractivity contribution < 1.29 is 9.31 Å². The molecule has 2 aliphatic rings. The van der Waals surface area contributed by atoms with E-state index >= 15 is 0 Å². The van der Waals surface area contributed by atoms with Gasteiger partial charge in [-0.25, -0.2) is 4.39 Å². The van der Waals surface area contributed by atoms with Gasteiger partial charge in [0.1, 0.15) is 5.82 Å². The highest BCUT2D eigenvalue weighted by molar-refractivity contribution is 5.85. The van der Waals surface area contributed by atoms with Crippen LogP contribution in [-0.4, -0.2) is 36.0 Å². The maximum absolute atomic E-state index is 13.4. The van der Waals surface area contributed by atoms with Crippen LogP contribution in [0.4, 0.5) is 10.1 Å². The Morgan fingerprint density at radius 2 is 1.91 bits per heavy atom. The molecule has 1 saturated carbocycles. The van der Waals surface area contributed by atoms with Crippen LogP contribution in [0.15, 0.2) is 18.2 Å². The van der Waals surface area contributed by atoms with Crippen molar-refractivity contribution in [2.24, 2.45) is 5.92 Å². The van der Waals surface area contributed by atoms with E-state index in [0.717, 1.165) is 45.1 Å². The van der Waals surface area contributed by atoms with Gasteiger partial charge in [-0.3, -0.25) is 15.0 Å². The fourth-order valence-corrected chi connectivity index (χ4v) is 3.39. The SMILES string of the molecule is Cl.Cl.O=[N+]([O-])c1cc(F)ccc1[C@H](C1CCC1)N1CCNCC1. The van der Waals surface area contributed by atoms with Gasteiger partial charge in [0.25, 0.3) is 5.69 Å². The first kappa shape index (κ1) is 20.1. The second-order valence-electron chi connectivity index (χ2n) is 5.88. The molecule has 23 heavy (non-hydrogen) atoms. The topological polar surface area (TPSA) is 58.4 Å². The second kappa shape index (κ2) is 8.78. The maximum atomic E-state index is 13.4. The van der Waals surface area contributed by atoms with E-state index in [2.05, 4.69) is 10.2 Å². The minimum absolute atomic E-state index is 0. The molecule has 130 valence electrons. The Morgan fingerprint density at radius 3 is 2.43 bits per heavy atom. The standard InChI is InChI=1S/C15H20FN3O2.2ClH/c16-12-4-5-13(14(10-12)19(20)21)15(11-2-1-3-11)18-8-6-17-7-9-18;;/h4-5,10-11,15,17H,1-3,6-9H2;2*1H/t15-;;/m0../s1. The lowest BCUT2D eigenvalue weighted by molar-refractivity contribution is -0.386. The van der Waals surface area contributed by atoms with E-state index in [1.165, 1.54) is 12.5 Å². The lowest BCUT2D eigenvalue weighted by Gasteiger charge is -2.43. The van der Waals surface area contributed by atoms with Gasteiger partial charge in [-0.15, -0.1) is 24.8 Å². The zero-order valence-corrected chi connectivity index (χ0v) is 14.4. The molecule has 1 atom stereocenters. The van der Waals surface area contributed by atoms with Gasteiger partial charge < -0.3 is 5.32 Å². The third kappa shape index (κ3) is 4.32. The Balaban J connectivity index is 0.00000132. The van der Waals surface area contributed by atoms with Crippen LogP contribution in [0, 0.1) is 21.8 Å². The number of halogens is 3. The Bertz CT molecular complexity index is 537. The van der Waals surface area contributed by atoms with Crippen LogP contribution in [0.1, 0.15) is 30.9 Å². The summed E-state index contributed by atoms with van der Waals surface area (Å²) in [4.78, 5) is 13.2. The first-order chi connectivity index (χ1) is 10.2. The number of nitrogens with one attached hydrogen (secondary N) is 1. The lowest BCUT2D eigenvalue weighted by Crippen LogP contribution is -2.48. The zero-order valence-electron chi connectivity index (χ0n) is 12.7. The van der Waals surface area contributed by atoms with Crippen LogP contribution in [0.25, 0.3) is 0 Å². The molecule has 1 saturated heterocycles. The number of rotatable bonds is 4. The van der Waals surface area contributed by atoms with Gasteiger partial charge in [0.2, 0.25) is 0 Å². The van der Waals surface area contributed by atoms with Crippen LogP contribution in [-0.2, 0) is 0 Å². The fourth-order valence-electron chi connectivity index (χ4n) is 3.39. The first-order valence-corrected chi connectivity index (χ1v) is 7.55. The number of nitro benzene ring substituents is 1. The number of benzene rings is 1. The highest BCUT2D eigenvalue weighted by Gasteiger charge is 2.37. The molecule has 0 aromatic heterocycles. The van der Waals surface area contributed by atoms with E-state index in [0.29, 0.717) is 11.5 Å². The first-order valence-electron chi connectivity index (χ1n) is 7.55. The highest BCUT2D eigenvalue weighted by Crippen LogP contribution is 2.44. The predicted octanol–water partition coefficient (Wildman–Crippen LogP) is 3.32. The smallest absolute Gasteiger partial charge is 0.277 e. The fraction of sp³-hybridized carbons (Fsp3) is 0.600. The summed E-state index contributed by atoms with van der Waals surface area (Å²) in [6, 6.07) is 4.06. The molecule has 1 aromatic rings. The molecule has 0 unspecified atom stereocenters. The summed E-state index contributed by atoms with van der Waals surface area (Å²) in [6.07, 6.45) is 3.38. The molecule has 1 heterocycles. The van der Waals surface area contributed by atoms with Gasteiger partial charge in [0.05, 0.1) is 11.0 Å². The van der Waals surface area contributed by atoms with Crippen molar-refractivity contribution in [1.82, 2.24) is 10.2 Å². The summed E-state index contributed by atoms with van der Waals surface area (Å²) in [6.45, 7) is 3.57. The molecular weight excluding hydrogens is 344 g/mol. The molecular formula is C15H22Cl2FN3O2. The summed E-state index contributed by atoms with van der Waals surface area (Å²) in [7, 11) is 0. The normalized spacial score (nSPS) is 19.9. The van der Waals surface area contributed by atoms with Crippen LogP contribution < -0.4 is 5.32 Å². The van der Waals surface area contributed by atoms with E-state index in [9.17, 15) is 14.5 Å². The summed E-state index contributed by atoms with van der Waals surface area (Å²) in [5.41, 5.74) is 0.596. The molecule has 2 fully saturated rings. The number of hydrogen-bond acceptors (Lipinski definition) is 4. The molecule has 0 spiro atoms. The summed E-state index contributed by atoms with van der Waals surface area (Å²) >= 11 is 0. The van der Waals surface area contributed by atoms with Crippen molar-refractivity contribution in [3.63, 3.8) is 0 Å². The number of nitro groups is 1. The lowest BCUT2D eigenvalue weighted by atomic mass is 9.76. The molecule has 0 bridgehead atoms. The molecule has 0 amide bonds. The van der Waals surface area contributed by atoms with Crippen LogP contribution >= 0.6 is 24.8 Å². The average molecular weight is 366 g/mol. The average Bonchev–Trinajstić information content (AvgIpc) is 2.44. The van der Waals surface area contributed by atoms with E-state index in [1.54, 1.807) is 6.07 Å². The summed E-state index contributed by atoms with van der Waals surface area (Å²) in [5, 5.41) is 14.6. The quantitative estimate of drug-likeness (QED) is 0.656. The third-order valence-electron chi connectivity index (χ3n) is 4.65. The van der Waals surface area contributed by atoms with Crippen molar-refractivity contribution in [2.45, 2.75) is 25.3 Å². The molecule has 3 rings (SSSR count). The molecule has 8 heteroatoms. The Morgan fingerprint density at radius 1 is 1.26 bits per heavy atom. The highest BCUT2D eigenvalue weighted by atomic mass is 35.5. The van der Waals surface area contributed by atoms with Gasteiger partial charge in [0, 0.05) is 37.8 Å². The van der Waals surface area contributed by atoms with Crippen LogP contribution in [0.2, 0.25) is 0 Å². The Hall–Kier alpha value is -0.950. The summed E-state index contributed by atoms with van der Waals surface area (Å²) in [5.74, 6) is -0.0922. The largest absolute Gasteiger partial charge is 0.314 e. The van der Waals surface area contributed by atoms with Crippen molar-refractivity contribution in [3.8, 4) is 0 Å². The van der Waals surface area contributed by atoms with E-state index in [-0.39, 0.29) is 36.5 Å². The third-order valence-corrected chi connectivity index (χ3v) is 4.65. The molecule has 0 radical (unpaired) electrons. The van der Waals surface area contributed by atoms with Crippen LogP contribution in [0.3, 0.4) is 0 Å². The monoisotopic (exact) mass is 365 g/mol. The molecule has 1 aliphatic carbocycles. The molecule has 1 N–H and O–H groups in total. The van der Waals surface area contributed by atoms with Crippen molar-refractivity contribution in [3.05, 3.63) is 39.7 Å². The number of piperazine rings is 1. The predicted molar refractivity (Wildman–Crippen MR) is 92.1 cm³/mol. The van der Waals surface area contributed by atoms with E-state index in [1.807, 2.05) is 0 Å². The van der Waals surface area contributed by atoms with Crippen LogP contribution in [0.5, 0.6) is 0 Å². The Labute approximate surface area is 147 Å². The maximum Gasteiger partial charge on any atom is 0.277 e. The van der Waals surface area contributed by atoms with Crippen molar-refractivity contribution >= 4 is 30.5 Å². The van der Waals surface area contributed by atoms with E-state index < -0.39 is 10.7 Å². The van der Waals surface area contributed by atoms with Gasteiger partial charge in [-0.2, -0.15) is 0 Å². The second-order valence-corrected chi connectivity index (χ2v) is 5.88. The number of hydrogen-bond donors (Lipinski definition) is 1. The molecule has 5 nitrogen and oxygen atoms in total. The van der Waals surface area contributed by atoms with Gasteiger partial charge in [-0.1, -0.05) is 6.42 Å². The van der Waals surface area contributed by atoms with E-state index in [4.69, 9.17) is 0 Å². The zero-order chi connectivity index (χ0) is 14.8. The molecule has 1 aliphatic heterocycles. The number of nitrogens with zero attached hydrogens (tertiary/aromatic N) is 2. The minimum atomic E-state index is -0.543. The van der Waals surface area contributed by atoms with Gasteiger partial charge in [-0.05, 0) is 30.9 Å². The van der Waals surface area contributed by atoms with Gasteiger partial charge >= 0.3 is 0 Å². The van der Waals surface area contributed by atoms with Crippen molar-refractivity contribution in [1.29, 1.82) is 0 Å². The van der Waals surface area contributed by atoms with Crippen molar-refractivity contribution in [2.75, 3.05) is 26.2 Å². The van der Waals surface area contributed by atoms with Gasteiger partial charge in [0.15, 0.2) is 0 Å². The Kier molecular flexibility index (Phi) is 7.67.